The fourth-order valence-electron chi connectivity index (χ4n) is 3.87. The molecule has 1 aromatic rings. The molecule has 6 aliphatic rings. The summed E-state index contributed by atoms with van der Waals surface area (Å²) in [5, 5.41) is 18.2. The summed E-state index contributed by atoms with van der Waals surface area (Å²) in [6, 6.07) is 4.22. The van der Waals surface area contributed by atoms with Crippen LogP contribution in [0.25, 0.3) is 0 Å². The van der Waals surface area contributed by atoms with E-state index >= 15 is 0 Å². The summed E-state index contributed by atoms with van der Waals surface area (Å²) in [5.74, 6) is -1.95. The van der Waals surface area contributed by atoms with Crippen LogP contribution in [0, 0.1) is 0 Å². The molecule has 18 heteroatoms. The lowest BCUT2D eigenvalue weighted by molar-refractivity contribution is 0.0544. The van der Waals surface area contributed by atoms with Gasteiger partial charge in [0.2, 0.25) is 0 Å². The van der Waals surface area contributed by atoms with Gasteiger partial charge in [-0.15, -0.1) is 0 Å². The number of carbonyl (C=O) groups is 3. The predicted molar refractivity (Wildman–Crippen MR) is 221 cm³/mol. The van der Waals surface area contributed by atoms with E-state index in [1.165, 1.54) is 30.9 Å². The van der Waals surface area contributed by atoms with Crippen molar-refractivity contribution in [2.24, 2.45) is 0 Å². The number of thioether (sulfide) groups is 12. The molecule has 6 heterocycles. The van der Waals surface area contributed by atoms with Crippen molar-refractivity contribution in [3.05, 3.63) is 124 Å². The van der Waals surface area contributed by atoms with Crippen molar-refractivity contribution in [1.29, 1.82) is 0 Å². The summed E-state index contributed by atoms with van der Waals surface area (Å²) in [4.78, 5) is 42.6. The molecular weight excluding hydrogens is 841 g/mol. The molecule has 0 saturated carbocycles. The van der Waals surface area contributed by atoms with Gasteiger partial charge in [-0.1, -0.05) is 141 Å². The highest BCUT2D eigenvalue weighted by Crippen LogP contribution is 2.55. The molecule has 0 aliphatic carbocycles. The van der Waals surface area contributed by atoms with Crippen molar-refractivity contribution in [3.8, 4) is 0 Å². The van der Waals surface area contributed by atoms with Crippen LogP contribution in [0.3, 0.4) is 0 Å². The summed E-state index contributed by atoms with van der Waals surface area (Å²) in [7, 11) is 0. The lowest BCUT2D eigenvalue weighted by Crippen LogP contribution is -2.14. The van der Waals surface area contributed by atoms with Gasteiger partial charge in [-0.3, -0.25) is 0 Å². The molecule has 0 fully saturated rings. The number of rotatable bonds is 9. The van der Waals surface area contributed by atoms with Gasteiger partial charge in [-0.25, -0.2) is 14.4 Å². The van der Waals surface area contributed by atoms with E-state index in [4.69, 9.17) is 14.2 Å². The third kappa shape index (κ3) is 9.28. The Morgan fingerprint density at radius 1 is 0.396 bits per heavy atom. The summed E-state index contributed by atoms with van der Waals surface area (Å²) >= 11 is 19.6. The lowest BCUT2D eigenvalue weighted by Gasteiger charge is -2.11. The molecule has 0 saturated heterocycles. The minimum atomic E-state index is -0.652. The fourth-order valence-corrected chi connectivity index (χ4v) is 17.0. The Morgan fingerprint density at radius 2 is 0.667 bits per heavy atom. The first-order chi connectivity index (χ1) is 23.5. The second kappa shape index (κ2) is 17.3. The number of benzene rings is 1. The third-order valence-electron chi connectivity index (χ3n) is 5.96. The number of hydrogen-bond acceptors (Lipinski definition) is 18. The van der Waals surface area contributed by atoms with E-state index in [1.54, 1.807) is 141 Å². The van der Waals surface area contributed by atoms with Crippen LogP contribution in [-0.4, -0.2) is 37.7 Å². The van der Waals surface area contributed by atoms with Gasteiger partial charge in [0.15, 0.2) is 0 Å². The van der Waals surface area contributed by atoms with Crippen molar-refractivity contribution in [1.82, 2.24) is 0 Å². The van der Waals surface area contributed by atoms with Crippen LogP contribution in [0.15, 0.2) is 107 Å². The van der Waals surface area contributed by atoms with Gasteiger partial charge in [0.1, 0.15) is 19.8 Å². The SMILES string of the molecule is O=C(OCC1=CSC(=C2SC=CS2)S1)c1cc(C(=O)OCC2=CSC(=C3SC=CS3)S2)cc(C(=O)OCC2=CSC(=C3SC=CS3)S2)c1. The van der Waals surface area contributed by atoms with Crippen LogP contribution in [0.5, 0.6) is 0 Å². The molecule has 1 aromatic carbocycles. The first-order valence-corrected chi connectivity index (χ1v) is 23.8. The van der Waals surface area contributed by atoms with Crippen molar-refractivity contribution < 1.29 is 28.6 Å². The smallest absolute Gasteiger partial charge is 0.338 e. The van der Waals surface area contributed by atoms with Crippen molar-refractivity contribution in [2.45, 2.75) is 0 Å². The zero-order chi connectivity index (χ0) is 32.9. The Hall–Kier alpha value is -0.510. The topological polar surface area (TPSA) is 78.9 Å². The minimum absolute atomic E-state index is 0.0666. The molecule has 246 valence electrons. The summed E-state index contributed by atoms with van der Waals surface area (Å²) in [6.07, 6.45) is 0. The number of hydrogen-bond donors (Lipinski definition) is 0. The Labute approximate surface area is 327 Å². The largest absolute Gasteiger partial charge is 0.457 e. The highest BCUT2D eigenvalue weighted by molar-refractivity contribution is 8.35. The minimum Gasteiger partial charge on any atom is -0.457 e. The molecule has 0 radical (unpaired) electrons. The standard InChI is InChI=1S/C30H18O6S12/c31-22(34-10-19-13-43-28(46-19)25-37-1-2-38-25)16-7-17(23(32)35-11-20-14-44-29(47-20)26-39-3-4-40-26)9-18(8-16)24(33)36-12-21-15-45-30(48-21)27-41-5-6-42-27/h1-9,13-15H,10-12H2. The van der Waals surface area contributed by atoms with Crippen LogP contribution in [-0.2, 0) is 14.2 Å². The average molecular weight is 859 g/mol. The van der Waals surface area contributed by atoms with Gasteiger partial charge in [-0.05, 0) is 66.9 Å². The van der Waals surface area contributed by atoms with E-state index < -0.39 is 17.9 Å². The molecule has 0 aromatic heterocycles. The number of carbonyl (C=O) groups excluding carboxylic acids is 3. The van der Waals surface area contributed by atoms with Crippen LogP contribution < -0.4 is 0 Å². The molecule has 0 unspecified atom stereocenters. The van der Waals surface area contributed by atoms with E-state index in [0.717, 1.165) is 27.4 Å². The number of esters is 3. The molecule has 0 N–H and O–H groups in total. The van der Waals surface area contributed by atoms with Gasteiger partial charge < -0.3 is 14.2 Å². The Kier molecular flexibility index (Phi) is 13.0. The van der Waals surface area contributed by atoms with Crippen molar-refractivity contribution in [2.75, 3.05) is 19.8 Å². The zero-order valence-corrected chi connectivity index (χ0v) is 33.7. The second-order valence-electron chi connectivity index (χ2n) is 9.19. The van der Waals surface area contributed by atoms with E-state index in [-0.39, 0.29) is 36.5 Å². The summed E-state index contributed by atoms with van der Waals surface area (Å²) < 4.78 is 24.0. The molecule has 6 nitrogen and oxygen atoms in total. The van der Waals surface area contributed by atoms with E-state index in [2.05, 4.69) is 0 Å². The van der Waals surface area contributed by atoms with Crippen molar-refractivity contribution in [3.63, 3.8) is 0 Å². The molecular formula is C30H18O6S12. The van der Waals surface area contributed by atoms with Gasteiger partial charge in [0, 0.05) is 14.7 Å². The lowest BCUT2D eigenvalue weighted by atomic mass is 10.1. The molecule has 0 amide bonds. The summed E-state index contributed by atoms with van der Waals surface area (Å²) in [5.41, 5.74) is 0.200. The predicted octanol–water partition coefficient (Wildman–Crippen LogP) is 12.4. The van der Waals surface area contributed by atoms with E-state index in [1.807, 2.05) is 48.7 Å². The molecule has 6 aliphatic heterocycles. The average Bonchev–Trinajstić information content (AvgIpc) is 3.96. The Balaban J connectivity index is 1.01. The molecule has 48 heavy (non-hydrogen) atoms. The third-order valence-corrected chi connectivity index (χ3v) is 21.1. The maximum atomic E-state index is 13.3. The van der Waals surface area contributed by atoms with Crippen LogP contribution in [0.2, 0.25) is 0 Å². The normalized spacial score (nSPS) is 19.9. The highest BCUT2D eigenvalue weighted by Gasteiger charge is 2.25. The Morgan fingerprint density at radius 3 is 0.938 bits per heavy atom. The van der Waals surface area contributed by atoms with Crippen molar-refractivity contribution >= 4 is 159 Å². The molecule has 0 bridgehead atoms. The maximum absolute atomic E-state index is 13.3. The van der Waals surface area contributed by atoms with E-state index in [0.29, 0.717) is 0 Å². The van der Waals surface area contributed by atoms with Crippen LogP contribution in [0.4, 0.5) is 0 Å². The van der Waals surface area contributed by atoms with Crippen LogP contribution in [0.1, 0.15) is 31.1 Å². The zero-order valence-electron chi connectivity index (χ0n) is 23.9. The monoisotopic (exact) mass is 858 g/mol. The summed E-state index contributed by atoms with van der Waals surface area (Å²) in [6.45, 7) is 0.222. The quantitative estimate of drug-likeness (QED) is 0.174. The second-order valence-corrected chi connectivity index (χ2v) is 22.3. The fraction of sp³-hybridized carbons (Fsp3) is 0.100. The molecule has 0 spiro atoms. The number of ether oxygens (including phenoxy) is 3. The van der Waals surface area contributed by atoms with E-state index in [9.17, 15) is 14.4 Å². The molecule has 7 rings (SSSR count). The molecule has 0 atom stereocenters. The van der Waals surface area contributed by atoms with Gasteiger partial charge in [0.05, 0.1) is 42.1 Å². The first-order valence-electron chi connectivity index (χ1n) is 13.4. The Bertz CT molecular complexity index is 1600. The highest BCUT2D eigenvalue weighted by atomic mass is 32.2. The maximum Gasteiger partial charge on any atom is 0.338 e. The van der Waals surface area contributed by atoms with Crippen LogP contribution >= 0.6 is 141 Å². The van der Waals surface area contributed by atoms with Gasteiger partial charge >= 0.3 is 17.9 Å². The van der Waals surface area contributed by atoms with Gasteiger partial charge in [-0.2, -0.15) is 0 Å². The first kappa shape index (κ1) is 35.9. The van der Waals surface area contributed by atoms with Gasteiger partial charge in [0.25, 0.3) is 0 Å².